The van der Waals surface area contributed by atoms with E-state index in [0.29, 0.717) is 26.3 Å². The summed E-state index contributed by atoms with van der Waals surface area (Å²) in [5.74, 6) is 0. The van der Waals surface area contributed by atoms with Gasteiger partial charge in [-0.15, -0.1) is 0 Å². The molecule has 1 aliphatic carbocycles. The van der Waals surface area contributed by atoms with Crippen molar-refractivity contribution in [1.82, 2.24) is 14.2 Å². The molecule has 3 rings (SSSR count). The second-order valence-electron chi connectivity index (χ2n) is 6.62. The van der Waals surface area contributed by atoms with E-state index in [2.05, 4.69) is 9.88 Å². The van der Waals surface area contributed by atoms with E-state index >= 15 is 0 Å². The summed E-state index contributed by atoms with van der Waals surface area (Å²) in [6, 6.07) is 0. The van der Waals surface area contributed by atoms with Gasteiger partial charge in [0, 0.05) is 32.0 Å². The number of pyridine rings is 1. The number of rotatable bonds is 7. The summed E-state index contributed by atoms with van der Waals surface area (Å²) < 4.78 is 32.1. The van der Waals surface area contributed by atoms with Crippen molar-refractivity contribution in [1.29, 1.82) is 0 Å². The van der Waals surface area contributed by atoms with Crippen molar-refractivity contribution in [3.63, 3.8) is 0 Å². The van der Waals surface area contributed by atoms with E-state index in [1.54, 1.807) is 10.5 Å². The lowest BCUT2D eigenvalue weighted by molar-refractivity contribution is 0.104. The summed E-state index contributed by atoms with van der Waals surface area (Å²) in [4.78, 5) is 6.36. The van der Waals surface area contributed by atoms with Gasteiger partial charge in [-0.1, -0.05) is 0 Å². The van der Waals surface area contributed by atoms with Crippen molar-refractivity contribution in [3.05, 3.63) is 29.1 Å². The molecular weight excluding hydrogens is 314 g/mol. The molecule has 0 spiro atoms. The molecule has 7 heteroatoms. The fourth-order valence-corrected chi connectivity index (χ4v) is 4.71. The number of sulfonamides is 1. The number of nitrogens with zero attached hydrogens (tertiary/aromatic N) is 3. The first kappa shape index (κ1) is 16.8. The van der Waals surface area contributed by atoms with Gasteiger partial charge in [-0.2, -0.15) is 4.31 Å². The van der Waals surface area contributed by atoms with Crippen LogP contribution in [0, 0.1) is 0 Å². The predicted molar refractivity (Wildman–Crippen MR) is 88.5 cm³/mol. The zero-order chi connectivity index (χ0) is 16.4. The summed E-state index contributed by atoms with van der Waals surface area (Å²) >= 11 is 0. The third kappa shape index (κ3) is 3.91. The second kappa shape index (κ2) is 6.84. The van der Waals surface area contributed by atoms with Crippen molar-refractivity contribution >= 4 is 10.0 Å². The van der Waals surface area contributed by atoms with Gasteiger partial charge in [-0.25, -0.2) is 8.42 Å². The van der Waals surface area contributed by atoms with Gasteiger partial charge in [0.2, 0.25) is 10.0 Å². The first-order chi connectivity index (χ1) is 11.0. The SMILES string of the molecule is CN(C)CCOCc1cncc2c1CCN(S(=O)(=O)C1CC1)C2. The highest BCUT2D eigenvalue weighted by Crippen LogP contribution is 2.34. The summed E-state index contributed by atoms with van der Waals surface area (Å²) in [5, 5.41) is -0.144. The van der Waals surface area contributed by atoms with E-state index in [1.165, 1.54) is 5.56 Å². The molecule has 6 nitrogen and oxygen atoms in total. The van der Waals surface area contributed by atoms with Gasteiger partial charge in [-0.3, -0.25) is 4.98 Å². The molecule has 0 radical (unpaired) electrons. The van der Waals surface area contributed by atoms with Crippen LogP contribution in [0.15, 0.2) is 12.4 Å². The summed E-state index contributed by atoms with van der Waals surface area (Å²) in [6.07, 6.45) is 6.01. The molecular formula is C16H25N3O3S. The van der Waals surface area contributed by atoms with E-state index in [-0.39, 0.29) is 5.25 Å². The Balaban J connectivity index is 1.66. The molecule has 0 atom stereocenters. The molecule has 0 saturated heterocycles. The van der Waals surface area contributed by atoms with Gasteiger partial charge in [0.1, 0.15) is 0 Å². The fourth-order valence-electron chi connectivity index (χ4n) is 2.89. The van der Waals surface area contributed by atoms with Gasteiger partial charge in [0.15, 0.2) is 0 Å². The smallest absolute Gasteiger partial charge is 0.217 e. The lowest BCUT2D eigenvalue weighted by Gasteiger charge is -2.29. The average molecular weight is 339 g/mol. The number of hydrogen-bond donors (Lipinski definition) is 0. The van der Waals surface area contributed by atoms with Crippen molar-refractivity contribution in [2.24, 2.45) is 0 Å². The first-order valence-electron chi connectivity index (χ1n) is 8.14. The maximum atomic E-state index is 12.4. The van der Waals surface area contributed by atoms with Gasteiger partial charge >= 0.3 is 0 Å². The maximum Gasteiger partial charge on any atom is 0.217 e. The molecule has 1 aromatic rings. The minimum atomic E-state index is -3.11. The minimum Gasteiger partial charge on any atom is -0.375 e. The predicted octanol–water partition coefficient (Wildman–Crippen LogP) is 1.01. The lowest BCUT2D eigenvalue weighted by Crippen LogP contribution is -2.38. The van der Waals surface area contributed by atoms with E-state index < -0.39 is 10.0 Å². The van der Waals surface area contributed by atoms with Gasteiger partial charge < -0.3 is 9.64 Å². The molecule has 2 aliphatic rings. The Labute approximate surface area is 138 Å². The molecule has 2 heterocycles. The molecule has 0 amide bonds. The Bertz CT molecular complexity index is 657. The van der Waals surface area contributed by atoms with Gasteiger partial charge in [-0.05, 0) is 50.0 Å². The highest BCUT2D eigenvalue weighted by atomic mass is 32.2. The molecule has 0 aromatic carbocycles. The minimum absolute atomic E-state index is 0.144. The largest absolute Gasteiger partial charge is 0.375 e. The summed E-state index contributed by atoms with van der Waals surface area (Å²) in [5.41, 5.74) is 3.33. The second-order valence-corrected chi connectivity index (χ2v) is 8.83. The van der Waals surface area contributed by atoms with Crippen LogP contribution in [0.5, 0.6) is 0 Å². The van der Waals surface area contributed by atoms with E-state index in [0.717, 1.165) is 36.9 Å². The highest BCUT2D eigenvalue weighted by molar-refractivity contribution is 7.90. The van der Waals surface area contributed by atoms with Crippen LogP contribution >= 0.6 is 0 Å². The van der Waals surface area contributed by atoms with E-state index in [1.807, 2.05) is 20.3 Å². The van der Waals surface area contributed by atoms with Gasteiger partial charge in [0.05, 0.1) is 18.5 Å². The molecule has 1 aromatic heterocycles. The van der Waals surface area contributed by atoms with Crippen molar-refractivity contribution < 1.29 is 13.2 Å². The number of ether oxygens (including phenoxy) is 1. The Morgan fingerprint density at radius 2 is 2.13 bits per heavy atom. The van der Waals surface area contributed by atoms with Gasteiger partial charge in [0.25, 0.3) is 0 Å². The van der Waals surface area contributed by atoms with Crippen LogP contribution in [0.25, 0.3) is 0 Å². The maximum absolute atomic E-state index is 12.4. The Morgan fingerprint density at radius 1 is 1.35 bits per heavy atom. The summed E-state index contributed by atoms with van der Waals surface area (Å²) in [7, 11) is 0.930. The molecule has 128 valence electrons. The molecule has 0 unspecified atom stereocenters. The zero-order valence-corrected chi connectivity index (χ0v) is 14.7. The molecule has 1 saturated carbocycles. The van der Waals surface area contributed by atoms with Crippen molar-refractivity contribution in [2.75, 3.05) is 33.8 Å². The lowest BCUT2D eigenvalue weighted by atomic mass is 9.99. The molecule has 1 fully saturated rings. The van der Waals surface area contributed by atoms with Crippen molar-refractivity contribution in [2.45, 2.75) is 37.7 Å². The van der Waals surface area contributed by atoms with Crippen LogP contribution in [0.3, 0.4) is 0 Å². The first-order valence-corrected chi connectivity index (χ1v) is 9.65. The highest BCUT2D eigenvalue weighted by Gasteiger charge is 2.41. The monoisotopic (exact) mass is 339 g/mol. The average Bonchev–Trinajstić information content (AvgIpc) is 3.36. The quantitative estimate of drug-likeness (QED) is 0.694. The van der Waals surface area contributed by atoms with Crippen LogP contribution in [0.2, 0.25) is 0 Å². The topological polar surface area (TPSA) is 62.7 Å². The third-order valence-corrected chi connectivity index (χ3v) is 6.79. The van der Waals surface area contributed by atoms with Crippen LogP contribution in [-0.4, -0.2) is 61.6 Å². The zero-order valence-electron chi connectivity index (χ0n) is 13.9. The fraction of sp³-hybridized carbons (Fsp3) is 0.688. The van der Waals surface area contributed by atoms with Crippen LogP contribution in [-0.2, 0) is 34.3 Å². The summed E-state index contributed by atoms with van der Waals surface area (Å²) in [6.45, 7) is 3.13. The van der Waals surface area contributed by atoms with Crippen molar-refractivity contribution in [3.8, 4) is 0 Å². The van der Waals surface area contributed by atoms with E-state index in [9.17, 15) is 8.42 Å². The number of fused-ring (bicyclic) bond motifs is 1. The number of hydrogen-bond acceptors (Lipinski definition) is 5. The molecule has 1 aliphatic heterocycles. The Hall–Kier alpha value is -1.02. The molecule has 23 heavy (non-hydrogen) atoms. The van der Waals surface area contributed by atoms with Crippen LogP contribution in [0.4, 0.5) is 0 Å². The standard InChI is InChI=1S/C16H25N3O3S/c1-18(2)7-8-22-12-14-10-17-9-13-11-19(6-5-16(13)14)23(20,21)15-3-4-15/h9-10,15H,3-8,11-12H2,1-2H3. The molecule has 0 bridgehead atoms. The number of likely N-dealkylation sites (N-methyl/N-ethyl adjacent to an activating group) is 1. The Kier molecular flexibility index (Phi) is 5.01. The molecule has 0 N–H and O–H groups in total. The van der Waals surface area contributed by atoms with E-state index in [4.69, 9.17) is 4.74 Å². The Morgan fingerprint density at radius 3 is 2.83 bits per heavy atom. The normalized spacial score (nSPS) is 19.1. The van der Waals surface area contributed by atoms with Crippen LogP contribution in [0.1, 0.15) is 29.5 Å². The van der Waals surface area contributed by atoms with Crippen LogP contribution < -0.4 is 0 Å². The number of aromatic nitrogens is 1. The third-order valence-electron chi connectivity index (χ3n) is 4.44.